The van der Waals surface area contributed by atoms with Crippen molar-refractivity contribution in [2.45, 2.75) is 6.54 Å². The summed E-state index contributed by atoms with van der Waals surface area (Å²) in [5.41, 5.74) is 1.24. The van der Waals surface area contributed by atoms with Crippen LogP contribution in [0.4, 0.5) is 10.1 Å². The van der Waals surface area contributed by atoms with Gasteiger partial charge in [-0.3, -0.25) is 0 Å². The SMILES string of the molecule is Fc1cccc(Br)c1NCc1nnnn1-c1ccccc1. The van der Waals surface area contributed by atoms with E-state index < -0.39 is 0 Å². The van der Waals surface area contributed by atoms with E-state index in [0.29, 0.717) is 22.5 Å². The molecule has 0 spiro atoms. The first-order valence-corrected chi connectivity index (χ1v) is 7.05. The molecule has 0 aliphatic rings. The fraction of sp³-hybridized carbons (Fsp3) is 0.0714. The van der Waals surface area contributed by atoms with Crippen LogP contribution in [0.25, 0.3) is 5.69 Å². The summed E-state index contributed by atoms with van der Waals surface area (Å²) in [6.45, 7) is 0.307. The van der Waals surface area contributed by atoms with E-state index in [1.165, 1.54) is 6.07 Å². The summed E-state index contributed by atoms with van der Waals surface area (Å²) in [5, 5.41) is 14.6. The normalized spacial score (nSPS) is 10.6. The van der Waals surface area contributed by atoms with Crippen molar-refractivity contribution in [2.24, 2.45) is 0 Å². The highest BCUT2D eigenvalue weighted by Gasteiger charge is 2.10. The third-order valence-corrected chi connectivity index (χ3v) is 3.58. The molecule has 0 fully saturated rings. The Bertz CT molecular complexity index is 724. The summed E-state index contributed by atoms with van der Waals surface area (Å²) in [6, 6.07) is 14.3. The molecule has 0 bridgehead atoms. The number of nitrogens with one attached hydrogen (secondary N) is 1. The lowest BCUT2D eigenvalue weighted by atomic mass is 10.3. The van der Waals surface area contributed by atoms with Crippen molar-refractivity contribution < 1.29 is 4.39 Å². The lowest BCUT2D eigenvalue weighted by molar-refractivity contribution is 0.628. The lowest BCUT2D eigenvalue weighted by Crippen LogP contribution is -2.09. The molecular weight excluding hydrogens is 337 g/mol. The van der Waals surface area contributed by atoms with Gasteiger partial charge in [0.05, 0.1) is 17.9 Å². The van der Waals surface area contributed by atoms with E-state index in [2.05, 4.69) is 36.8 Å². The van der Waals surface area contributed by atoms with Gasteiger partial charge in [-0.25, -0.2) is 4.39 Å². The molecule has 3 aromatic rings. The van der Waals surface area contributed by atoms with Crippen molar-refractivity contribution in [1.29, 1.82) is 0 Å². The molecule has 0 aliphatic carbocycles. The molecule has 0 radical (unpaired) electrons. The molecule has 0 atom stereocenters. The number of halogens is 2. The topological polar surface area (TPSA) is 55.6 Å². The van der Waals surface area contributed by atoms with Gasteiger partial charge in [-0.05, 0) is 50.6 Å². The van der Waals surface area contributed by atoms with E-state index in [0.717, 1.165) is 5.69 Å². The van der Waals surface area contributed by atoms with Crippen LogP contribution in [0.1, 0.15) is 5.82 Å². The average Bonchev–Trinajstić information content (AvgIpc) is 2.96. The summed E-state index contributed by atoms with van der Waals surface area (Å²) >= 11 is 3.31. The first-order chi connectivity index (χ1) is 10.3. The second kappa shape index (κ2) is 6.01. The Morgan fingerprint density at radius 2 is 1.90 bits per heavy atom. The van der Waals surface area contributed by atoms with Crippen molar-refractivity contribution in [3.8, 4) is 5.69 Å². The Morgan fingerprint density at radius 1 is 1.10 bits per heavy atom. The molecule has 7 heteroatoms. The van der Waals surface area contributed by atoms with E-state index in [9.17, 15) is 4.39 Å². The summed E-state index contributed by atoms with van der Waals surface area (Å²) in [7, 11) is 0. The Morgan fingerprint density at radius 3 is 2.67 bits per heavy atom. The lowest BCUT2D eigenvalue weighted by Gasteiger charge is -2.09. The number of anilines is 1. The first-order valence-electron chi connectivity index (χ1n) is 6.26. The van der Waals surface area contributed by atoms with Crippen LogP contribution in [0.2, 0.25) is 0 Å². The van der Waals surface area contributed by atoms with Crippen LogP contribution in [0, 0.1) is 5.82 Å². The number of benzene rings is 2. The predicted molar refractivity (Wildman–Crippen MR) is 80.6 cm³/mol. The van der Waals surface area contributed by atoms with Crippen LogP contribution >= 0.6 is 15.9 Å². The van der Waals surface area contributed by atoms with E-state index in [1.807, 2.05) is 30.3 Å². The van der Waals surface area contributed by atoms with E-state index in [4.69, 9.17) is 0 Å². The third kappa shape index (κ3) is 2.92. The van der Waals surface area contributed by atoms with Gasteiger partial charge in [0.25, 0.3) is 0 Å². The van der Waals surface area contributed by atoms with E-state index >= 15 is 0 Å². The fourth-order valence-electron chi connectivity index (χ4n) is 1.92. The summed E-state index contributed by atoms with van der Waals surface area (Å²) in [6.07, 6.45) is 0. The molecule has 21 heavy (non-hydrogen) atoms. The minimum absolute atomic E-state index is 0.307. The summed E-state index contributed by atoms with van der Waals surface area (Å²) < 4.78 is 16.0. The molecular formula is C14H11BrFN5. The van der Waals surface area contributed by atoms with Gasteiger partial charge in [0, 0.05) is 4.47 Å². The van der Waals surface area contributed by atoms with Crippen molar-refractivity contribution in [3.05, 3.63) is 64.6 Å². The monoisotopic (exact) mass is 347 g/mol. The Hall–Kier alpha value is -2.28. The highest BCUT2D eigenvalue weighted by atomic mass is 79.9. The number of rotatable bonds is 4. The van der Waals surface area contributed by atoms with Gasteiger partial charge in [-0.15, -0.1) is 5.10 Å². The van der Waals surface area contributed by atoms with Crippen molar-refractivity contribution >= 4 is 21.6 Å². The smallest absolute Gasteiger partial charge is 0.175 e. The number of para-hydroxylation sites is 2. The molecule has 0 saturated carbocycles. The molecule has 1 N–H and O–H groups in total. The van der Waals surface area contributed by atoms with Crippen molar-refractivity contribution in [2.75, 3.05) is 5.32 Å². The molecule has 1 aromatic heterocycles. The number of aromatic nitrogens is 4. The number of nitrogens with zero attached hydrogens (tertiary/aromatic N) is 4. The van der Waals surface area contributed by atoms with Crippen molar-refractivity contribution in [1.82, 2.24) is 20.2 Å². The number of hydrogen-bond donors (Lipinski definition) is 1. The van der Waals surface area contributed by atoms with Gasteiger partial charge in [-0.1, -0.05) is 24.3 Å². The third-order valence-electron chi connectivity index (χ3n) is 2.92. The predicted octanol–water partition coefficient (Wildman–Crippen LogP) is 3.18. The summed E-state index contributed by atoms with van der Waals surface area (Å²) in [5.74, 6) is 0.263. The van der Waals surface area contributed by atoms with Crippen LogP contribution in [-0.4, -0.2) is 20.2 Å². The van der Waals surface area contributed by atoms with Gasteiger partial charge in [0.1, 0.15) is 5.82 Å². The molecule has 0 unspecified atom stereocenters. The molecule has 3 rings (SSSR count). The van der Waals surface area contributed by atoms with Gasteiger partial charge < -0.3 is 5.32 Å². The van der Waals surface area contributed by atoms with Gasteiger partial charge in [-0.2, -0.15) is 4.68 Å². The maximum atomic E-state index is 13.8. The van der Waals surface area contributed by atoms with Crippen LogP contribution in [0.5, 0.6) is 0 Å². The highest BCUT2D eigenvalue weighted by molar-refractivity contribution is 9.10. The Kier molecular flexibility index (Phi) is 3.92. The molecule has 106 valence electrons. The molecule has 0 saturated heterocycles. The molecule has 1 heterocycles. The number of hydrogen-bond acceptors (Lipinski definition) is 4. The maximum absolute atomic E-state index is 13.8. The molecule has 0 amide bonds. The zero-order valence-corrected chi connectivity index (χ0v) is 12.5. The van der Waals surface area contributed by atoms with Gasteiger partial charge >= 0.3 is 0 Å². The highest BCUT2D eigenvalue weighted by Crippen LogP contribution is 2.25. The standard InChI is InChI=1S/C14H11BrFN5/c15-11-7-4-8-12(16)14(11)17-9-13-18-19-20-21(13)10-5-2-1-3-6-10/h1-8,17H,9H2. The first kappa shape index (κ1) is 13.7. The van der Waals surface area contributed by atoms with E-state index in [1.54, 1.807) is 16.8 Å². The zero-order valence-electron chi connectivity index (χ0n) is 10.9. The maximum Gasteiger partial charge on any atom is 0.175 e. The van der Waals surface area contributed by atoms with Crippen LogP contribution < -0.4 is 5.32 Å². The fourth-order valence-corrected chi connectivity index (χ4v) is 2.40. The number of tetrazole rings is 1. The van der Waals surface area contributed by atoms with Crippen molar-refractivity contribution in [3.63, 3.8) is 0 Å². The van der Waals surface area contributed by atoms with Crippen LogP contribution in [0.3, 0.4) is 0 Å². The van der Waals surface area contributed by atoms with Gasteiger partial charge in [0.15, 0.2) is 5.82 Å². The molecule has 5 nitrogen and oxygen atoms in total. The second-order valence-electron chi connectivity index (χ2n) is 4.29. The molecule has 0 aliphatic heterocycles. The van der Waals surface area contributed by atoms with Crippen LogP contribution in [-0.2, 0) is 6.54 Å². The van der Waals surface area contributed by atoms with E-state index in [-0.39, 0.29) is 5.82 Å². The zero-order chi connectivity index (χ0) is 14.7. The van der Waals surface area contributed by atoms with Gasteiger partial charge in [0.2, 0.25) is 0 Å². The average molecular weight is 348 g/mol. The Balaban J connectivity index is 1.83. The minimum atomic E-state index is -0.330. The Labute approximate surface area is 128 Å². The quantitative estimate of drug-likeness (QED) is 0.787. The molecule has 2 aromatic carbocycles. The second-order valence-corrected chi connectivity index (χ2v) is 5.15. The largest absolute Gasteiger partial charge is 0.374 e. The summed E-state index contributed by atoms with van der Waals surface area (Å²) in [4.78, 5) is 0. The minimum Gasteiger partial charge on any atom is -0.374 e. The van der Waals surface area contributed by atoms with Crippen LogP contribution in [0.15, 0.2) is 53.0 Å².